The number of rotatable bonds is 3. The first-order chi connectivity index (χ1) is 19.9. The van der Waals surface area contributed by atoms with Crippen molar-refractivity contribution in [3.63, 3.8) is 0 Å². The highest BCUT2D eigenvalue weighted by Crippen LogP contribution is 2.40. The number of carbonyl (C=O) groups excluding carboxylic acids is 1. The maximum Gasteiger partial charge on any atom is 0.333 e. The number of aromatic amines is 1. The molecule has 0 saturated carbocycles. The molecule has 1 amide bonds. The minimum Gasteiger partial charge on any atom is -0.480 e. The van der Waals surface area contributed by atoms with Gasteiger partial charge in [-0.25, -0.2) is 14.3 Å². The summed E-state index contributed by atoms with van der Waals surface area (Å²) in [5.41, 5.74) is 2.89. The molecule has 2 aromatic heterocycles. The summed E-state index contributed by atoms with van der Waals surface area (Å²) in [6.07, 6.45) is 1.66. The van der Waals surface area contributed by atoms with Crippen LogP contribution in [0.2, 0.25) is 5.02 Å². The maximum absolute atomic E-state index is 13.6. The third-order valence-electron chi connectivity index (χ3n) is 7.39. The largest absolute Gasteiger partial charge is 0.480 e. The van der Waals surface area contributed by atoms with Crippen LogP contribution < -0.4 is 20.9 Å². The number of aromatic nitrogens is 3. The number of amides is 1. The zero-order valence-electron chi connectivity index (χ0n) is 21.7. The highest BCUT2D eigenvalue weighted by atomic mass is 35.5. The zero-order valence-corrected chi connectivity index (χ0v) is 22.5. The minimum absolute atomic E-state index is 0.0641. The molecular weight excluding hydrogens is 540 g/mol. The lowest BCUT2D eigenvalue weighted by Crippen LogP contribution is -2.36. The smallest absolute Gasteiger partial charge is 0.333 e. The molecule has 200 valence electrons. The van der Waals surface area contributed by atoms with E-state index in [4.69, 9.17) is 16.3 Å². The standard InChI is InChI=1S/C32H21ClN4O4/c1-36-28(38)17-41-27-15-20(16-34-30(27)36)22-9-5-10-24(33)29(22)19-12-13-23-25(14-19)35-32(40)37(31(23)39)26-11-4-7-18-6-2-3-8-21(18)26/h2-16H,17H2,1H3,(H,35,40). The Labute approximate surface area is 238 Å². The highest BCUT2D eigenvalue weighted by molar-refractivity contribution is 6.34. The summed E-state index contributed by atoms with van der Waals surface area (Å²) in [6.45, 7) is -0.0641. The van der Waals surface area contributed by atoms with Crippen LogP contribution in [-0.2, 0) is 4.79 Å². The van der Waals surface area contributed by atoms with Crippen molar-refractivity contribution in [2.45, 2.75) is 0 Å². The number of likely N-dealkylation sites (N-methyl/N-ethyl adjacent to an activating group) is 1. The van der Waals surface area contributed by atoms with E-state index in [1.54, 1.807) is 37.5 Å². The van der Waals surface area contributed by atoms with Gasteiger partial charge in [0.1, 0.15) is 0 Å². The van der Waals surface area contributed by atoms with Crippen LogP contribution in [0.5, 0.6) is 5.75 Å². The molecule has 1 aliphatic rings. The van der Waals surface area contributed by atoms with Crippen LogP contribution in [0.25, 0.3) is 49.6 Å². The van der Waals surface area contributed by atoms with E-state index in [-0.39, 0.29) is 12.5 Å². The van der Waals surface area contributed by atoms with Gasteiger partial charge >= 0.3 is 5.69 Å². The first-order valence-electron chi connectivity index (χ1n) is 12.9. The topological polar surface area (TPSA) is 97.3 Å². The van der Waals surface area contributed by atoms with Crippen molar-refractivity contribution < 1.29 is 9.53 Å². The molecule has 4 aromatic carbocycles. The summed E-state index contributed by atoms with van der Waals surface area (Å²) in [7, 11) is 1.66. The van der Waals surface area contributed by atoms with E-state index in [0.29, 0.717) is 44.3 Å². The Morgan fingerprint density at radius 1 is 0.878 bits per heavy atom. The lowest BCUT2D eigenvalue weighted by atomic mass is 9.94. The second-order valence-corrected chi connectivity index (χ2v) is 10.2. The molecule has 6 aromatic rings. The predicted molar refractivity (Wildman–Crippen MR) is 160 cm³/mol. The fraction of sp³-hybridized carbons (Fsp3) is 0.0625. The van der Waals surface area contributed by atoms with E-state index < -0.39 is 11.2 Å². The minimum atomic E-state index is -0.537. The van der Waals surface area contributed by atoms with Crippen molar-refractivity contribution in [1.29, 1.82) is 0 Å². The normalized spacial score (nSPS) is 12.9. The van der Waals surface area contributed by atoms with Gasteiger partial charge in [0.15, 0.2) is 18.2 Å². The van der Waals surface area contributed by atoms with Gasteiger partial charge in [-0.3, -0.25) is 14.5 Å². The Kier molecular flexibility index (Phi) is 5.72. The number of pyridine rings is 1. The van der Waals surface area contributed by atoms with Crippen LogP contribution in [0.4, 0.5) is 5.82 Å². The van der Waals surface area contributed by atoms with Crippen LogP contribution in [0.3, 0.4) is 0 Å². The van der Waals surface area contributed by atoms with Crippen LogP contribution >= 0.6 is 11.6 Å². The fourth-order valence-corrected chi connectivity index (χ4v) is 5.63. The van der Waals surface area contributed by atoms with Gasteiger partial charge in [-0.05, 0) is 46.8 Å². The van der Waals surface area contributed by atoms with Gasteiger partial charge in [-0.15, -0.1) is 0 Å². The summed E-state index contributed by atoms with van der Waals surface area (Å²) >= 11 is 6.73. The average Bonchev–Trinajstić information content (AvgIpc) is 2.98. The number of hydrogen-bond donors (Lipinski definition) is 1. The summed E-state index contributed by atoms with van der Waals surface area (Å²) in [5, 5.41) is 2.58. The second kappa shape index (κ2) is 9.46. The van der Waals surface area contributed by atoms with Gasteiger partial charge in [0.05, 0.1) is 16.6 Å². The molecule has 9 heteroatoms. The molecule has 0 radical (unpaired) electrons. The molecule has 8 nitrogen and oxygen atoms in total. The number of H-pyrrole nitrogens is 1. The predicted octanol–water partition coefficient (Wildman–Crippen LogP) is 5.57. The zero-order chi connectivity index (χ0) is 28.2. The number of carbonyl (C=O) groups is 1. The molecule has 1 N–H and O–H groups in total. The van der Waals surface area contributed by atoms with Gasteiger partial charge in [0.25, 0.3) is 11.5 Å². The van der Waals surface area contributed by atoms with E-state index in [1.165, 1.54) is 9.47 Å². The quantitative estimate of drug-likeness (QED) is 0.305. The SMILES string of the molecule is CN1C(=O)COc2cc(-c3cccc(Cl)c3-c3ccc4c(=O)n(-c5cccc6ccccc56)c(=O)[nH]c4c3)cnc21. The van der Waals surface area contributed by atoms with Crippen molar-refractivity contribution >= 4 is 45.0 Å². The van der Waals surface area contributed by atoms with Gasteiger partial charge in [0.2, 0.25) is 0 Å². The van der Waals surface area contributed by atoms with Crippen molar-refractivity contribution in [3.05, 3.63) is 117 Å². The Bertz CT molecular complexity index is 2160. The van der Waals surface area contributed by atoms with Crippen molar-refractivity contribution in [2.24, 2.45) is 0 Å². The fourth-order valence-electron chi connectivity index (χ4n) is 5.35. The molecule has 0 unspecified atom stereocenters. The molecule has 41 heavy (non-hydrogen) atoms. The monoisotopic (exact) mass is 560 g/mol. The van der Waals surface area contributed by atoms with Gasteiger partial charge < -0.3 is 9.72 Å². The number of nitrogens with one attached hydrogen (secondary N) is 1. The van der Waals surface area contributed by atoms with E-state index in [9.17, 15) is 14.4 Å². The Morgan fingerprint density at radius 2 is 1.68 bits per heavy atom. The molecule has 3 heterocycles. The Hall–Kier alpha value is -5.21. The van der Waals surface area contributed by atoms with E-state index in [1.807, 2.05) is 60.7 Å². The summed E-state index contributed by atoms with van der Waals surface area (Å²) in [5.74, 6) is 0.762. The summed E-state index contributed by atoms with van der Waals surface area (Å²) in [6, 6.07) is 25.8. The average molecular weight is 561 g/mol. The van der Waals surface area contributed by atoms with E-state index in [2.05, 4.69) is 9.97 Å². The Morgan fingerprint density at radius 3 is 2.56 bits per heavy atom. The highest BCUT2D eigenvalue weighted by Gasteiger charge is 2.25. The molecule has 0 atom stereocenters. The van der Waals surface area contributed by atoms with E-state index >= 15 is 0 Å². The number of ether oxygens (including phenoxy) is 1. The molecule has 0 fully saturated rings. The first kappa shape index (κ1) is 24.8. The third kappa shape index (κ3) is 3.99. The molecule has 1 aliphatic heterocycles. The molecule has 7 rings (SSSR count). The molecule has 0 aliphatic carbocycles. The number of hydrogen-bond acceptors (Lipinski definition) is 5. The van der Waals surface area contributed by atoms with Gasteiger partial charge in [0, 0.05) is 34.8 Å². The lowest BCUT2D eigenvalue weighted by Gasteiger charge is -2.25. The third-order valence-corrected chi connectivity index (χ3v) is 7.71. The second-order valence-electron chi connectivity index (χ2n) is 9.78. The number of nitrogens with zero attached hydrogens (tertiary/aromatic N) is 3. The maximum atomic E-state index is 13.6. The van der Waals surface area contributed by atoms with Crippen LogP contribution in [0, 0.1) is 0 Å². The number of benzene rings is 4. The number of fused-ring (bicyclic) bond motifs is 3. The van der Waals surface area contributed by atoms with E-state index in [0.717, 1.165) is 21.9 Å². The lowest BCUT2D eigenvalue weighted by molar-refractivity contribution is -0.121. The van der Waals surface area contributed by atoms with Crippen LogP contribution in [-0.4, -0.2) is 34.1 Å². The molecule has 0 spiro atoms. The molecule has 0 saturated heterocycles. The molecule has 0 bridgehead atoms. The number of anilines is 1. The van der Waals surface area contributed by atoms with Crippen molar-refractivity contribution in [1.82, 2.24) is 14.5 Å². The van der Waals surface area contributed by atoms with Gasteiger partial charge in [-0.1, -0.05) is 66.2 Å². The number of halogens is 1. The summed E-state index contributed by atoms with van der Waals surface area (Å²) in [4.78, 5) is 47.8. The van der Waals surface area contributed by atoms with Crippen LogP contribution in [0.15, 0.2) is 101 Å². The van der Waals surface area contributed by atoms with Gasteiger partial charge in [-0.2, -0.15) is 0 Å². The summed E-state index contributed by atoms with van der Waals surface area (Å²) < 4.78 is 6.81. The Balaban J connectivity index is 1.38. The van der Waals surface area contributed by atoms with Crippen molar-refractivity contribution in [3.8, 4) is 33.7 Å². The van der Waals surface area contributed by atoms with Crippen LogP contribution in [0.1, 0.15) is 0 Å². The molecular formula is C32H21ClN4O4. The first-order valence-corrected chi connectivity index (χ1v) is 13.2. The van der Waals surface area contributed by atoms with Crippen molar-refractivity contribution in [2.75, 3.05) is 18.6 Å².